The third-order valence-corrected chi connectivity index (χ3v) is 10.9. The molecule has 2 fully saturated rings. The predicted octanol–water partition coefficient (Wildman–Crippen LogP) is 6.05. The average molecular weight is 613 g/mol. The van der Waals surface area contributed by atoms with Gasteiger partial charge in [-0.3, -0.25) is 24.0 Å². The van der Waals surface area contributed by atoms with Crippen molar-refractivity contribution in [2.45, 2.75) is 85.7 Å². The second-order valence-electron chi connectivity index (χ2n) is 14.5. The first-order valence-electron chi connectivity index (χ1n) is 16.0. The summed E-state index contributed by atoms with van der Waals surface area (Å²) in [5, 5.41) is 23.2. The predicted molar refractivity (Wildman–Crippen MR) is 171 cm³/mol. The number of rotatable bonds is 8. The molecule has 0 aliphatic heterocycles. The van der Waals surface area contributed by atoms with Crippen LogP contribution in [0.4, 0.5) is 0 Å². The van der Waals surface area contributed by atoms with Crippen LogP contribution in [0.3, 0.4) is 0 Å². The summed E-state index contributed by atoms with van der Waals surface area (Å²) >= 11 is 0. The van der Waals surface area contributed by atoms with Crippen LogP contribution < -0.4 is 0 Å². The Balaban J connectivity index is 1.61. The number of carbonyl (C=O) groups is 5. The summed E-state index contributed by atoms with van der Waals surface area (Å²) in [5.41, 5.74) is -0.824. The Morgan fingerprint density at radius 1 is 1.02 bits per heavy atom. The summed E-state index contributed by atoms with van der Waals surface area (Å²) < 4.78 is 0. The molecule has 2 saturated carbocycles. The second-order valence-corrected chi connectivity index (χ2v) is 14.5. The quantitative estimate of drug-likeness (QED) is 0.275. The summed E-state index contributed by atoms with van der Waals surface area (Å²) in [7, 11) is 0. The zero-order valence-corrected chi connectivity index (χ0v) is 27.2. The molecule has 6 atom stereocenters. The van der Waals surface area contributed by atoms with Crippen LogP contribution in [0.2, 0.25) is 0 Å². The van der Waals surface area contributed by atoms with Crippen LogP contribution in [0.5, 0.6) is 5.75 Å². The number of hydrogen-bond acceptors (Lipinski definition) is 7. The van der Waals surface area contributed by atoms with Crippen LogP contribution in [0.1, 0.15) is 88.7 Å². The molecule has 0 radical (unpaired) electrons. The Bertz CT molecular complexity index is 1630. The smallest absolute Gasteiger partial charge is 0.190 e. The number of carbonyl (C=O) groups excluding carboxylic acids is 5. The molecule has 5 rings (SSSR count). The Morgan fingerprint density at radius 2 is 1.67 bits per heavy atom. The van der Waals surface area contributed by atoms with Crippen LogP contribution >= 0.6 is 0 Å². The number of phenolic OH excluding ortho intramolecular Hbond substituents is 1. The summed E-state index contributed by atoms with van der Waals surface area (Å²) in [6.45, 7) is 14.4. The van der Waals surface area contributed by atoms with Gasteiger partial charge in [0.15, 0.2) is 28.7 Å². The van der Waals surface area contributed by atoms with E-state index in [1.54, 1.807) is 33.8 Å². The van der Waals surface area contributed by atoms with Crippen LogP contribution in [0.25, 0.3) is 11.1 Å². The Morgan fingerprint density at radius 3 is 2.24 bits per heavy atom. The van der Waals surface area contributed by atoms with Crippen molar-refractivity contribution in [1.29, 1.82) is 0 Å². The van der Waals surface area contributed by atoms with Crippen molar-refractivity contribution in [1.82, 2.24) is 0 Å². The van der Waals surface area contributed by atoms with E-state index in [-0.39, 0.29) is 30.1 Å². The summed E-state index contributed by atoms with van der Waals surface area (Å²) in [5.74, 6) is -8.91. The lowest BCUT2D eigenvalue weighted by Gasteiger charge is -2.61. The van der Waals surface area contributed by atoms with E-state index in [1.807, 2.05) is 24.3 Å². The number of phenols is 1. The summed E-state index contributed by atoms with van der Waals surface area (Å²) in [6, 6.07) is 11.2. The number of hydrogen-bond donors (Lipinski definition) is 2. The molecule has 45 heavy (non-hydrogen) atoms. The van der Waals surface area contributed by atoms with Crippen LogP contribution in [-0.2, 0) is 32.0 Å². The van der Waals surface area contributed by atoms with Crippen molar-refractivity contribution < 1.29 is 34.2 Å². The van der Waals surface area contributed by atoms with E-state index in [1.165, 1.54) is 11.6 Å². The molecule has 2 aromatic rings. The van der Waals surface area contributed by atoms with Gasteiger partial charge in [-0.05, 0) is 78.7 Å². The highest BCUT2D eigenvalue weighted by atomic mass is 16.3. The Hall–Kier alpha value is -3.71. The van der Waals surface area contributed by atoms with Gasteiger partial charge in [-0.15, -0.1) is 0 Å². The van der Waals surface area contributed by atoms with Gasteiger partial charge in [0, 0.05) is 11.3 Å². The Kier molecular flexibility index (Phi) is 8.18. The summed E-state index contributed by atoms with van der Waals surface area (Å²) in [6.07, 6.45) is 4.18. The first-order valence-corrected chi connectivity index (χ1v) is 16.0. The van der Waals surface area contributed by atoms with Gasteiger partial charge in [-0.2, -0.15) is 0 Å². The van der Waals surface area contributed by atoms with E-state index in [2.05, 4.69) is 13.5 Å². The molecule has 0 spiro atoms. The molecule has 7 nitrogen and oxygen atoms in total. The van der Waals surface area contributed by atoms with Crippen LogP contribution in [0, 0.1) is 34.5 Å². The van der Waals surface area contributed by atoms with Gasteiger partial charge in [0.2, 0.25) is 0 Å². The van der Waals surface area contributed by atoms with Crippen molar-refractivity contribution in [3.8, 4) is 16.9 Å². The van der Waals surface area contributed by atoms with Crippen molar-refractivity contribution in [3.05, 3.63) is 65.2 Å². The maximum Gasteiger partial charge on any atom is 0.190 e. The highest BCUT2D eigenvalue weighted by Crippen LogP contribution is 2.64. The lowest BCUT2D eigenvalue weighted by atomic mass is 9.40. The van der Waals surface area contributed by atoms with E-state index >= 15 is 0 Å². The third-order valence-electron chi connectivity index (χ3n) is 10.9. The largest absolute Gasteiger partial charge is 0.507 e. The van der Waals surface area contributed by atoms with Crippen molar-refractivity contribution in [2.75, 3.05) is 0 Å². The first kappa shape index (κ1) is 32.7. The molecule has 0 heterocycles. The minimum absolute atomic E-state index is 0.00964. The van der Waals surface area contributed by atoms with Crippen LogP contribution in [0.15, 0.2) is 48.6 Å². The first-order chi connectivity index (χ1) is 21.0. The minimum atomic E-state index is -2.70. The highest BCUT2D eigenvalue weighted by molar-refractivity contribution is 6.32. The molecular weight excluding hydrogens is 568 g/mol. The molecule has 2 aromatic carbocycles. The molecule has 0 aromatic heterocycles. The molecule has 238 valence electrons. The molecule has 0 bridgehead atoms. The summed E-state index contributed by atoms with van der Waals surface area (Å²) in [4.78, 5) is 68.9. The average Bonchev–Trinajstić information content (AvgIpc) is 2.94. The molecule has 0 saturated heterocycles. The van der Waals surface area contributed by atoms with Gasteiger partial charge >= 0.3 is 0 Å². The SMILES string of the molecule is C=C(CCCC)Cc1ccc(-c2ccc(O)c3c2C[C@]2(C)C[C@]4(C)C(C(C)C)C(=O)C(C(C)=O)C(=O)[C@]4(O)C(=O)C2C3=O)cc1. The van der Waals surface area contributed by atoms with E-state index < -0.39 is 63.1 Å². The van der Waals surface area contributed by atoms with Gasteiger partial charge in [-0.25, -0.2) is 0 Å². The van der Waals surface area contributed by atoms with E-state index in [4.69, 9.17) is 0 Å². The van der Waals surface area contributed by atoms with Crippen molar-refractivity contribution in [2.24, 2.45) is 34.5 Å². The fourth-order valence-electron chi connectivity index (χ4n) is 9.01. The van der Waals surface area contributed by atoms with Gasteiger partial charge in [0.05, 0.1) is 11.5 Å². The monoisotopic (exact) mass is 612 g/mol. The maximum absolute atomic E-state index is 14.5. The lowest BCUT2D eigenvalue weighted by molar-refractivity contribution is -0.205. The highest BCUT2D eigenvalue weighted by Gasteiger charge is 2.76. The number of aromatic hydroxyl groups is 1. The molecule has 7 heteroatoms. The minimum Gasteiger partial charge on any atom is -0.507 e. The fourth-order valence-corrected chi connectivity index (χ4v) is 9.01. The molecular formula is C38H44O7. The standard InChI is InChI=1S/C38H44O7/c1-8-9-10-21(4)17-23-11-13-24(14-12-23)25-15-16-27(40)29-26(25)18-36(6)19-37(7)30(20(2)3)32(41)28(22(5)39)34(43)38(37,45)35(44)31(36)33(29)42/h11-16,20,28,30-31,40,45H,4,8-10,17-19H2,1-3,5-7H3/t28?,30?,31?,36-,37-,38+/m1/s1. The van der Waals surface area contributed by atoms with Gasteiger partial charge in [0.1, 0.15) is 17.5 Å². The molecule has 0 amide bonds. The third kappa shape index (κ3) is 4.77. The van der Waals surface area contributed by atoms with Gasteiger partial charge < -0.3 is 10.2 Å². The number of unbranched alkanes of at least 4 members (excludes halogenated alkanes) is 1. The number of allylic oxidation sites excluding steroid dienone is 1. The fraction of sp³-hybridized carbons (Fsp3) is 0.500. The number of benzene rings is 2. The second kappa shape index (κ2) is 11.3. The maximum atomic E-state index is 14.5. The van der Waals surface area contributed by atoms with Crippen LogP contribution in [-0.4, -0.2) is 44.7 Å². The normalized spacial score (nSPS) is 31.0. The lowest BCUT2D eigenvalue weighted by Crippen LogP contribution is -2.76. The number of Topliss-reactive ketones (excluding diaryl/α,β-unsaturated/α-hetero) is 5. The zero-order chi connectivity index (χ0) is 33.2. The van der Waals surface area contributed by atoms with E-state index in [9.17, 15) is 34.2 Å². The molecule has 3 aliphatic carbocycles. The topological polar surface area (TPSA) is 126 Å². The van der Waals surface area contributed by atoms with Gasteiger partial charge in [0.25, 0.3) is 0 Å². The molecule has 3 unspecified atom stereocenters. The van der Waals surface area contributed by atoms with Crippen molar-refractivity contribution >= 4 is 28.9 Å². The van der Waals surface area contributed by atoms with Gasteiger partial charge in [-0.1, -0.05) is 83.5 Å². The number of fused-ring (bicyclic) bond motifs is 3. The Labute approximate surface area is 265 Å². The zero-order valence-electron chi connectivity index (χ0n) is 27.2. The molecule has 2 N–H and O–H groups in total. The van der Waals surface area contributed by atoms with E-state index in [0.717, 1.165) is 49.3 Å². The van der Waals surface area contributed by atoms with Crippen molar-refractivity contribution in [3.63, 3.8) is 0 Å². The molecule has 3 aliphatic rings. The van der Waals surface area contributed by atoms with E-state index in [0.29, 0.717) is 5.56 Å². The number of aliphatic hydroxyl groups is 1. The number of ketones is 5.